The predicted octanol–water partition coefficient (Wildman–Crippen LogP) is 2.55. The van der Waals surface area contributed by atoms with Crippen LogP contribution in [0.2, 0.25) is 0 Å². The zero-order valence-corrected chi connectivity index (χ0v) is 17.5. The van der Waals surface area contributed by atoms with Crippen LogP contribution in [0.3, 0.4) is 0 Å². The smallest absolute Gasteiger partial charge is 0.409 e. The van der Waals surface area contributed by atoms with Gasteiger partial charge in [0.05, 0.1) is 13.2 Å². The van der Waals surface area contributed by atoms with E-state index >= 15 is 0 Å². The van der Waals surface area contributed by atoms with Gasteiger partial charge >= 0.3 is 6.09 Å². The van der Waals surface area contributed by atoms with Crippen LogP contribution in [0.15, 0.2) is 29.3 Å². The largest absolute Gasteiger partial charge is 0.450 e. The normalized spacial score (nSPS) is 15.7. The molecule has 1 amide bonds. The van der Waals surface area contributed by atoms with Gasteiger partial charge in [-0.1, -0.05) is 38.1 Å². The summed E-state index contributed by atoms with van der Waals surface area (Å²) in [6.45, 7) is 11.6. The highest BCUT2D eigenvalue weighted by atomic mass is 16.6. The third-order valence-electron chi connectivity index (χ3n) is 5.13. The maximum absolute atomic E-state index is 11.7. The summed E-state index contributed by atoms with van der Waals surface area (Å²) >= 11 is 0. The van der Waals surface area contributed by atoms with E-state index in [1.807, 2.05) is 6.92 Å². The molecular weight excluding hydrogens is 354 g/mol. The molecule has 28 heavy (non-hydrogen) atoms. The number of rotatable bonds is 8. The minimum absolute atomic E-state index is 0.230. The van der Waals surface area contributed by atoms with Crippen LogP contribution in [0, 0.1) is 0 Å². The van der Waals surface area contributed by atoms with Crippen LogP contribution in [0.25, 0.3) is 0 Å². The number of nitrogens with one attached hydrogen (secondary N) is 1. The summed E-state index contributed by atoms with van der Waals surface area (Å²) in [5.74, 6) is 0.460. The van der Waals surface area contributed by atoms with E-state index in [2.05, 4.69) is 53.3 Å². The zero-order valence-electron chi connectivity index (χ0n) is 17.5. The molecule has 0 radical (unpaired) electrons. The topological polar surface area (TPSA) is 83.2 Å². The average Bonchev–Trinajstić information content (AvgIpc) is 2.72. The molecule has 0 saturated carbocycles. The first-order valence-electron chi connectivity index (χ1n) is 10.3. The number of aliphatic imine (C=N–C) groups is 1. The Labute approximate surface area is 168 Å². The SMILES string of the molecule is CCOC(=O)N1CCC(NC(N)=NCc2ccc(CN(CC)CC)cc2)CC1. The van der Waals surface area contributed by atoms with Crippen molar-refractivity contribution in [1.82, 2.24) is 15.1 Å². The van der Waals surface area contributed by atoms with Crippen LogP contribution in [-0.4, -0.2) is 60.7 Å². The molecule has 1 aliphatic rings. The molecule has 1 heterocycles. The van der Waals surface area contributed by atoms with Gasteiger partial charge in [0.1, 0.15) is 0 Å². The third kappa shape index (κ3) is 7.03. The first-order valence-corrected chi connectivity index (χ1v) is 10.3. The Bertz CT molecular complexity index is 620. The van der Waals surface area contributed by atoms with Crippen LogP contribution in [-0.2, 0) is 17.8 Å². The first kappa shape index (κ1) is 22.0. The molecular formula is C21H35N5O2. The molecule has 2 rings (SSSR count). The van der Waals surface area contributed by atoms with E-state index in [1.165, 1.54) is 5.56 Å². The summed E-state index contributed by atoms with van der Waals surface area (Å²) in [5.41, 5.74) is 8.51. The van der Waals surface area contributed by atoms with E-state index in [0.29, 0.717) is 32.2 Å². The molecule has 3 N–H and O–H groups in total. The highest BCUT2D eigenvalue weighted by molar-refractivity contribution is 5.78. The summed E-state index contributed by atoms with van der Waals surface area (Å²) in [4.78, 5) is 20.3. The average molecular weight is 390 g/mol. The van der Waals surface area contributed by atoms with Crippen LogP contribution < -0.4 is 11.1 Å². The molecule has 0 bridgehead atoms. The molecule has 1 aromatic carbocycles. The maximum Gasteiger partial charge on any atom is 0.409 e. The van der Waals surface area contributed by atoms with Crippen molar-refractivity contribution >= 4 is 12.1 Å². The van der Waals surface area contributed by atoms with Crippen LogP contribution in [0.1, 0.15) is 44.7 Å². The van der Waals surface area contributed by atoms with Gasteiger partial charge in [-0.05, 0) is 44.0 Å². The minimum Gasteiger partial charge on any atom is -0.450 e. The van der Waals surface area contributed by atoms with E-state index in [0.717, 1.165) is 38.0 Å². The summed E-state index contributed by atoms with van der Waals surface area (Å²) in [7, 11) is 0. The van der Waals surface area contributed by atoms with Gasteiger partial charge in [0.25, 0.3) is 0 Å². The van der Waals surface area contributed by atoms with Gasteiger partial charge in [0, 0.05) is 25.7 Å². The van der Waals surface area contributed by atoms with Crippen molar-refractivity contribution in [3.8, 4) is 0 Å². The molecule has 7 heteroatoms. The number of likely N-dealkylation sites (tertiary alicyclic amines) is 1. The number of nitrogens with zero attached hydrogens (tertiary/aromatic N) is 3. The van der Waals surface area contributed by atoms with Crippen molar-refractivity contribution in [1.29, 1.82) is 0 Å². The Morgan fingerprint density at radius 3 is 2.36 bits per heavy atom. The maximum atomic E-state index is 11.7. The Morgan fingerprint density at radius 2 is 1.79 bits per heavy atom. The van der Waals surface area contributed by atoms with Crippen LogP contribution in [0.5, 0.6) is 0 Å². The van der Waals surface area contributed by atoms with Crippen LogP contribution >= 0.6 is 0 Å². The van der Waals surface area contributed by atoms with Crippen molar-refractivity contribution in [3.05, 3.63) is 35.4 Å². The Morgan fingerprint density at radius 1 is 1.18 bits per heavy atom. The highest BCUT2D eigenvalue weighted by Gasteiger charge is 2.23. The van der Waals surface area contributed by atoms with Crippen molar-refractivity contribution in [2.75, 3.05) is 32.8 Å². The van der Waals surface area contributed by atoms with Crippen molar-refractivity contribution in [2.24, 2.45) is 10.7 Å². The summed E-state index contributed by atoms with van der Waals surface area (Å²) < 4.78 is 5.04. The number of carbonyl (C=O) groups is 1. The number of hydrogen-bond acceptors (Lipinski definition) is 4. The highest BCUT2D eigenvalue weighted by Crippen LogP contribution is 2.12. The fraction of sp³-hybridized carbons (Fsp3) is 0.619. The number of ether oxygens (including phenoxy) is 1. The second-order valence-electron chi connectivity index (χ2n) is 7.08. The van der Waals surface area contributed by atoms with Gasteiger partial charge in [0.15, 0.2) is 5.96 Å². The number of amides is 1. The van der Waals surface area contributed by atoms with Gasteiger partial charge in [0.2, 0.25) is 0 Å². The quantitative estimate of drug-likeness (QED) is 0.527. The second-order valence-corrected chi connectivity index (χ2v) is 7.08. The molecule has 1 fully saturated rings. The molecule has 156 valence electrons. The number of nitrogens with two attached hydrogens (primary N) is 1. The van der Waals surface area contributed by atoms with E-state index in [-0.39, 0.29) is 12.1 Å². The number of piperidine rings is 1. The molecule has 0 unspecified atom stereocenters. The fourth-order valence-corrected chi connectivity index (χ4v) is 3.31. The van der Waals surface area contributed by atoms with Gasteiger partial charge in [-0.2, -0.15) is 0 Å². The van der Waals surface area contributed by atoms with E-state index in [9.17, 15) is 4.79 Å². The molecule has 7 nitrogen and oxygen atoms in total. The minimum atomic E-state index is -0.230. The van der Waals surface area contributed by atoms with E-state index in [1.54, 1.807) is 4.90 Å². The molecule has 1 aromatic rings. The summed E-state index contributed by atoms with van der Waals surface area (Å²) in [6.07, 6.45) is 1.46. The number of carbonyl (C=O) groups excluding carboxylic acids is 1. The number of hydrogen-bond donors (Lipinski definition) is 2. The predicted molar refractivity (Wildman–Crippen MR) is 113 cm³/mol. The molecule has 0 aliphatic carbocycles. The Balaban J connectivity index is 1.76. The lowest BCUT2D eigenvalue weighted by Crippen LogP contribution is -2.48. The third-order valence-corrected chi connectivity index (χ3v) is 5.13. The lowest BCUT2D eigenvalue weighted by Gasteiger charge is -2.31. The Kier molecular flexibility index (Phi) is 9.07. The lowest BCUT2D eigenvalue weighted by molar-refractivity contribution is 0.0963. The van der Waals surface area contributed by atoms with E-state index in [4.69, 9.17) is 10.5 Å². The molecule has 1 aliphatic heterocycles. The standard InChI is InChI=1S/C21H35N5O2/c1-4-25(5-2)16-18-9-7-17(8-10-18)15-23-20(22)24-19-11-13-26(14-12-19)21(27)28-6-3/h7-10,19H,4-6,11-16H2,1-3H3,(H3,22,23,24). The second kappa shape index (κ2) is 11.5. The molecule has 0 aromatic heterocycles. The molecule has 0 spiro atoms. The van der Waals surface area contributed by atoms with Crippen molar-refractivity contribution in [3.63, 3.8) is 0 Å². The fourth-order valence-electron chi connectivity index (χ4n) is 3.31. The monoisotopic (exact) mass is 389 g/mol. The summed E-state index contributed by atoms with van der Waals surface area (Å²) in [6, 6.07) is 8.81. The molecule has 0 atom stereocenters. The van der Waals surface area contributed by atoms with E-state index < -0.39 is 0 Å². The van der Waals surface area contributed by atoms with Crippen molar-refractivity contribution in [2.45, 2.75) is 52.7 Å². The number of guanidine groups is 1. The van der Waals surface area contributed by atoms with Crippen molar-refractivity contribution < 1.29 is 9.53 Å². The molecule has 1 saturated heterocycles. The number of benzene rings is 1. The Hall–Kier alpha value is -2.28. The van der Waals surface area contributed by atoms with Gasteiger partial charge < -0.3 is 20.7 Å². The zero-order chi connectivity index (χ0) is 20.4. The summed E-state index contributed by atoms with van der Waals surface area (Å²) in [5, 5.41) is 3.28. The van der Waals surface area contributed by atoms with Gasteiger partial charge in [-0.3, -0.25) is 4.90 Å². The van der Waals surface area contributed by atoms with Gasteiger partial charge in [-0.25, -0.2) is 9.79 Å². The van der Waals surface area contributed by atoms with Gasteiger partial charge in [-0.15, -0.1) is 0 Å². The van der Waals surface area contributed by atoms with Crippen LogP contribution in [0.4, 0.5) is 4.79 Å². The first-order chi connectivity index (χ1) is 13.5. The lowest BCUT2D eigenvalue weighted by atomic mass is 10.1.